The van der Waals surface area contributed by atoms with Crippen LogP contribution in [0.5, 0.6) is 0 Å². The molecule has 4 nitrogen and oxygen atoms in total. The summed E-state index contributed by atoms with van der Waals surface area (Å²) >= 11 is 0. The van der Waals surface area contributed by atoms with Crippen LogP contribution in [-0.2, 0) is 18.4 Å². The van der Waals surface area contributed by atoms with Crippen molar-refractivity contribution in [3.05, 3.63) is 53.3 Å². The molecule has 4 heteroatoms. The molecule has 1 aromatic carbocycles. The van der Waals surface area contributed by atoms with Gasteiger partial charge in [-0.3, -0.25) is 4.68 Å². The molecule has 0 aliphatic rings. The lowest BCUT2D eigenvalue weighted by Crippen LogP contribution is -2.04. The Morgan fingerprint density at radius 1 is 1.35 bits per heavy atom. The largest absolute Gasteiger partial charge is 0.457 e. The second kappa shape index (κ2) is 4.82. The van der Waals surface area contributed by atoms with Crippen molar-refractivity contribution in [1.82, 2.24) is 9.78 Å². The molecular weight excluding hydrogens is 216 g/mol. The quantitative estimate of drug-likeness (QED) is 0.758. The molecule has 2 rings (SSSR count). The van der Waals surface area contributed by atoms with Crippen LogP contribution in [0.25, 0.3) is 0 Å². The van der Waals surface area contributed by atoms with Crippen molar-refractivity contribution in [2.24, 2.45) is 7.05 Å². The van der Waals surface area contributed by atoms with Crippen molar-refractivity contribution >= 4 is 5.97 Å². The molecule has 0 atom stereocenters. The Hall–Kier alpha value is -2.10. The number of aromatic nitrogens is 2. The number of carbonyl (C=O) groups is 1. The molecule has 0 aliphatic heterocycles. The smallest absolute Gasteiger partial charge is 0.341 e. The number of ether oxygens (including phenoxy) is 1. The molecule has 0 N–H and O–H groups in total. The van der Waals surface area contributed by atoms with Gasteiger partial charge in [-0.25, -0.2) is 4.79 Å². The molecule has 2 aromatic rings. The van der Waals surface area contributed by atoms with Crippen molar-refractivity contribution in [3.8, 4) is 0 Å². The lowest BCUT2D eigenvalue weighted by molar-refractivity contribution is 0.0472. The first-order chi connectivity index (χ1) is 8.15. The van der Waals surface area contributed by atoms with Gasteiger partial charge in [0.25, 0.3) is 0 Å². The van der Waals surface area contributed by atoms with Crippen molar-refractivity contribution in [2.75, 3.05) is 0 Å². The summed E-state index contributed by atoms with van der Waals surface area (Å²) in [6.07, 6.45) is 3.13. The van der Waals surface area contributed by atoms with E-state index in [9.17, 15) is 4.79 Å². The molecule has 88 valence electrons. The Kier molecular flexibility index (Phi) is 3.23. The second-order valence-electron chi connectivity index (χ2n) is 3.96. The summed E-state index contributed by atoms with van der Waals surface area (Å²) in [6, 6.07) is 7.89. The molecule has 17 heavy (non-hydrogen) atoms. The minimum Gasteiger partial charge on any atom is -0.457 e. The Morgan fingerprint density at radius 2 is 2.06 bits per heavy atom. The third-order valence-corrected chi connectivity index (χ3v) is 2.43. The number of nitrogens with zero attached hydrogens (tertiary/aromatic N) is 2. The van der Waals surface area contributed by atoms with Gasteiger partial charge in [-0.05, 0) is 12.5 Å². The topological polar surface area (TPSA) is 44.1 Å². The molecule has 0 saturated carbocycles. The highest BCUT2D eigenvalue weighted by Crippen LogP contribution is 2.07. The molecule has 0 unspecified atom stereocenters. The fourth-order valence-electron chi connectivity index (χ4n) is 1.44. The number of esters is 1. The number of hydrogen-bond acceptors (Lipinski definition) is 3. The number of rotatable bonds is 3. The fourth-order valence-corrected chi connectivity index (χ4v) is 1.44. The van der Waals surface area contributed by atoms with Crippen LogP contribution in [0.3, 0.4) is 0 Å². The maximum atomic E-state index is 11.6. The van der Waals surface area contributed by atoms with Gasteiger partial charge in [0.05, 0.1) is 11.8 Å². The molecular formula is C13H14N2O2. The number of carbonyl (C=O) groups excluding carboxylic acids is 1. The summed E-state index contributed by atoms with van der Waals surface area (Å²) < 4.78 is 6.75. The summed E-state index contributed by atoms with van der Waals surface area (Å²) in [4.78, 5) is 11.6. The van der Waals surface area contributed by atoms with E-state index in [0.717, 1.165) is 5.56 Å². The number of hydrogen-bond donors (Lipinski definition) is 0. The molecule has 0 bridgehead atoms. The fraction of sp³-hybridized carbons (Fsp3) is 0.231. The molecule has 0 fully saturated rings. The lowest BCUT2D eigenvalue weighted by atomic mass is 10.2. The van der Waals surface area contributed by atoms with Crippen molar-refractivity contribution < 1.29 is 9.53 Å². The first kappa shape index (κ1) is 11.4. The SMILES string of the molecule is Cc1ccc(COC(=O)c2cnn(C)c2)cc1. The summed E-state index contributed by atoms with van der Waals surface area (Å²) in [5, 5.41) is 3.92. The van der Waals surface area contributed by atoms with Gasteiger partial charge in [0.1, 0.15) is 6.61 Å². The number of benzene rings is 1. The lowest BCUT2D eigenvalue weighted by Gasteiger charge is -2.03. The first-order valence-corrected chi connectivity index (χ1v) is 5.36. The van der Waals surface area contributed by atoms with Crippen LogP contribution in [0.15, 0.2) is 36.7 Å². The van der Waals surface area contributed by atoms with Gasteiger partial charge >= 0.3 is 5.97 Å². The third kappa shape index (κ3) is 2.93. The van der Waals surface area contributed by atoms with Crippen LogP contribution in [0, 0.1) is 6.92 Å². The van der Waals surface area contributed by atoms with Gasteiger partial charge in [0, 0.05) is 13.2 Å². The monoisotopic (exact) mass is 230 g/mol. The Morgan fingerprint density at radius 3 is 2.65 bits per heavy atom. The summed E-state index contributed by atoms with van der Waals surface area (Å²) in [5.41, 5.74) is 2.64. The van der Waals surface area contributed by atoms with Crippen molar-refractivity contribution in [1.29, 1.82) is 0 Å². The van der Waals surface area contributed by atoms with Crippen LogP contribution in [0.4, 0.5) is 0 Å². The Bertz CT molecular complexity index is 514. The van der Waals surface area contributed by atoms with Gasteiger partial charge in [0.2, 0.25) is 0 Å². The van der Waals surface area contributed by atoms with Gasteiger partial charge in [-0.15, -0.1) is 0 Å². The minimum atomic E-state index is -0.348. The highest BCUT2D eigenvalue weighted by Gasteiger charge is 2.09. The van der Waals surface area contributed by atoms with E-state index in [-0.39, 0.29) is 12.6 Å². The average molecular weight is 230 g/mol. The van der Waals surface area contributed by atoms with E-state index in [2.05, 4.69) is 5.10 Å². The minimum absolute atomic E-state index is 0.286. The molecule has 0 spiro atoms. The van der Waals surface area contributed by atoms with E-state index in [1.807, 2.05) is 31.2 Å². The van der Waals surface area contributed by atoms with E-state index in [4.69, 9.17) is 4.74 Å². The number of aryl methyl sites for hydroxylation is 2. The van der Waals surface area contributed by atoms with Crippen LogP contribution < -0.4 is 0 Å². The highest BCUT2D eigenvalue weighted by molar-refractivity contribution is 5.88. The molecule has 0 saturated heterocycles. The molecule has 0 aliphatic carbocycles. The zero-order chi connectivity index (χ0) is 12.3. The second-order valence-corrected chi connectivity index (χ2v) is 3.96. The van der Waals surface area contributed by atoms with Crippen LogP contribution in [0.2, 0.25) is 0 Å². The predicted molar refractivity (Wildman–Crippen MR) is 63.5 cm³/mol. The average Bonchev–Trinajstić information content (AvgIpc) is 2.75. The van der Waals surface area contributed by atoms with Crippen molar-refractivity contribution in [2.45, 2.75) is 13.5 Å². The standard InChI is InChI=1S/C13H14N2O2/c1-10-3-5-11(6-4-10)9-17-13(16)12-7-14-15(2)8-12/h3-8H,9H2,1-2H3. The van der Waals surface area contributed by atoms with Gasteiger partial charge < -0.3 is 4.74 Å². The van der Waals surface area contributed by atoms with Crippen LogP contribution in [-0.4, -0.2) is 15.7 Å². The third-order valence-electron chi connectivity index (χ3n) is 2.43. The van der Waals surface area contributed by atoms with E-state index < -0.39 is 0 Å². The van der Waals surface area contributed by atoms with Gasteiger partial charge in [-0.1, -0.05) is 29.8 Å². The van der Waals surface area contributed by atoms with Crippen LogP contribution in [0.1, 0.15) is 21.5 Å². The zero-order valence-corrected chi connectivity index (χ0v) is 9.88. The molecule has 1 aromatic heterocycles. The molecule has 0 amide bonds. The summed E-state index contributed by atoms with van der Waals surface area (Å²) in [7, 11) is 1.76. The normalized spacial score (nSPS) is 10.2. The molecule has 1 heterocycles. The van der Waals surface area contributed by atoms with E-state index >= 15 is 0 Å². The van der Waals surface area contributed by atoms with E-state index in [1.54, 1.807) is 17.9 Å². The van der Waals surface area contributed by atoms with E-state index in [0.29, 0.717) is 5.56 Å². The highest BCUT2D eigenvalue weighted by atomic mass is 16.5. The first-order valence-electron chi connectivity index (χ1n) is 5.36. The van der Waals surface area contributed by atoms with Crippen LogP contribution >= 0.6 is 0 Å². The Balaban J connectivity index is 1.94. The zero-order valence-electron chi connectivity index (χ0n) is 9.88. The maximum Gasteiger partial charge on any atom is 0.341 e. The summed E-state index contributed by atoms with van der Waals surface area (Å²) in [6.45, 7) is 2.30. The van der Waals surface area contributed by atoms with Gasteiger partial charge in [0.15, 0.2) is 0 Å². The van der Waals surface area contributed by atoms with Crippen molar-refractivity contribution in [3.63, 3.8) is 0 Å². The maximum absolute atomic E-state index is 11.6. The predicted octanol–water partition coefficient (Wildman–Crippen LogP) is 2.09. The Labute approximate surface area is 99.8 Å². The summed E-state index contributed by atoms with van der Waals surface area (Å²) in [5.74, 6) is -0.348. The van der Waals surface area contributed by atoms with E-state index in [1.165, 1.54) is 11.8 Å². The molecule has 0 radical (unpaired) electrons. The van der Waals surface area contributed by atoms with Gasteiger partial charge in [-0.2, -0.15) is 5.10 Å².